The van der Waals surface area contributed by atoms with Crippen LogP contribution in [0.1, 0.15) is 16.4 Å². The highest BCUT2D eigenvalue weighted by molar-refractivity contribution is 5.94. The maximum absolute atomic E-state index is 11.0. The minimum atomic E-state index is -0.980. The Morgan fingerprint density at radius 2 is 2.12 bits per heavy atom. The van der Waals surface area contributed by atoms with Gasteiger partial charge in [0, 0.05) is 23.5 Å². The number of fused-ring (bicyclic) bond motifs is 2. The second-order valence-electron chi connectivity index (χ2n) is 5.84. The van der Waals surface area contributed by atoms with Crippen molar-refractivity contribution in [3.63, 3.8) is 0 Å². The quantitative estimate of drug-likeness (QED) is 0.442. The summed E-state index contributed by atoms with van der Waals surface area (Å²) in [4.78, 5) is 18.2. The molecule has 0 spiro atoms. The van der Waals surface area contributed by atoms with E-state index in [-0.39, 0.29) is 5.69 Å². The minimum absolute atomic E-state index is 0.164. The molecule has 0 aliphatic carbocycles. The Bertz CT molecular complexity index is 1030. The number of oxazole rings is 1. The van der Waals surface area contributed by atoms with Crippen molar-refractivity contribution in [2.45, 2.75) is 6.54 Å². The second-order valence-corrected chi connectivity index (χ2v) is 5.84. The number of carboxylic acid groups (broad SMARTS) is 1. The smallest absolute Gasteiger partial charge is 0.352 e. The number of benzene rings is 2. The van der Waals surface area contributed by atoms with Crippen molar-refractivity contribution in [1.82, 2.24) is 15.3 Å². The van der Waals surface area contributed by atoms with Gasteiger partial charge < -0.3 is 24.6 Å². The maximum atomic E-state index is 11.0. The van der Waals surface area contributed by atoms with Gasteiger partial charge in [0.1, 0.15) is 23.6 Å². The van der Waals surface area contributed by atoms with Gasteiger partial charge in [-0.2, -0.15) is 0 Å². The van der Waals surface area contributed by atoms with Crippen molar-refractivity contribution in [2.24, 2.45) is 0 Å². The Balaban J connectivity index is 1.29. The van der Waals surface area contributed by atoms with E-state index in [9.17, 15) is 4.79 Å². The van der Waals surface area contributed by atoms with Crippen LogP contribution in [0.25, 0.3) is 22.0 Å². The molecule has 4 aromatic rings. The topological polar surface area (TPSA) is 100 Å². The van der Waals surface area contributed by atoms with E-state index in [2.05, 4.69) is 15.3 Å². The monoisotopic (exact) mass is 351 g/mol. The number of hydrogen-bond donors (Lipinski definition) is 3. The van der Waals surface area contributed by atoms with E-state index in [1.54, 1.807) is 12.1 Å². The van der Waals surface area contributed by atoms with Crippen molar-refractivity contribution in [3.8, 4) is 5.75 Å². The van der Waals surface area contributed by atoms with Gasteiger partial charge in [0.2, 0.25) is 5.89 Å². The predicted octanol–water partition coefficient (Wildman–Crippen LogP) is 3.18. The molecule has 2 aromatic heterocycles. The van der Waals surface area contributed by atoms with E-state index in [1.165, 1.54) is 0 Å². The summed E-state index contributed by atoms with van der Waals surface area (Å²) in [5.41, 5.74) is 2.53. The largest absolute Gasteiger partial charge is 0.492 e. The molecule has 4 rings (SSSR count). The van der Waals surface area contributed by atoms with E-state index in [4.69, 9.17) is 14.3 Å². The Hall–Kier alpha value is -3.32. The molecule has 0 fully saturated rings. The van der Waals surface area contributed by atoms with E-state index in [1.807, 2.05) is 36.4 Å². The average Bonchev–Trinajstić information content (AvgIpc) is 3.24. The molecule has 2 heterocycles. The number of hydrogen-bond acceptors (Lipinski definition) is 5. The number of aromatic amines is 1. The van der Waals surface area contributed by atoms with Crippen molar-refractivity contribution in [1.29, 1.82) is 0 Å². The van der Waals surface area contributed by atoms with Crippen LogP contribution in [0.3, 0.4) is 0 Å². The molecule has 0 aliphatic heterocycles. The van der Waals surface area contributed by atoms with Gasteiger partial charge >= 0.3 is 5.97 Å². The lowest BCUT2D eigenvalue weighted by Crippen LogP contribution is -2.20. The third-order valence-electron chi connectivity index (χ3n) is 3.99. The lowest BCUT2D eigenvalue weighted by molar-refractivity contribution is 0.0691. The zero-order valence-electron chi connectivity index (χ0n) is 13.9. The van der Waals surface area contributed by atoms with Crippen molar-refractivity contribution in [2.75, 3.05) is 13.2 Å². The molecule has 7 heteroatoms. The van der Waals surface area contributed by atoms with Crippen LogP contribution in [0.15, 0.2) is 52.9 Å². The summed E-state index contributed by atoms with van der Waals surface area (Å²) in [5, 5.41) is 13.1. The minimum Gasteiger partial charge on any atom is -0.492 e. The lowest BCUT2D eigenvalue weighted by Gasteiger charge is -2.06. The fourth-order valence-corrected chi connectivity index (χ4v) is 2.74. The summed E-state index contributed by atoms with van der Waals surface area (Å²) in [6.45, 7) is 1.62. The molecule has 0 saturated heterocycles. The first kappa shape index (κ1) is 16.2. The molecule has 2 aromatic carbocycles. The van der Waals surface area contributed by atoms with Gasteiger partial charge in [-0.3, -0.25) is 0 Å². The highest BCUT2D eigenvalue weighted by Gasteiger charge is 2.08. The Labute approximate surface area is 148 Å². The van der Waals surface area contributed by atoms with E-state index < -0.39 is 5.97 Å². The fraction of sp³-hybridized carbons (Fsp3) is 0.158. The number of rotatable bonds is 7. The second kappa shape index (κ2) is 6.89. The molecule has 0 atom stereocenters. The summed E-state index contributed by atoms with van der Waals surface area (Å²) in [6.07, 6.45) is 0. The molecule has 0 aliphatic rings. The van der Waals surface area contributed by atoms with Crippen LogP contribution in [0.4, 0.5) is 0 Å². The molecular weight excluding hydrogens is 334 g/mol. The lowest BCUT2D eigenvalue weighted by atomic mass is 10.2. The molecule has 0 amide bonds. The Morgan fingerprint density at radius 3 is 2.96 bits per heavy atom. The van der Waals surface area contributed by atoms with Crippen LogP contribution in [0, 0.1) is 0 Å². The Kier molecular flexibility index (Phi) is 4.28. The zero-order valence-corrected chi connectivity index (χ0v) is 13.9. The molecule has 26 heavy (non-hydrogen) atoms. The third kappa shape index (κ3) is 3.38. The van der Waals surface area contributed by atoms with E-state index in [0.29, 0.717) is 31.3 Å². The SMILES string of the molecule is O=C(O)c1cc2ccc(OCCNCc3nc4ccccc4o3)cc2[nH]1. The summed E-state index contributed by atoms with van der Waals surface area (Å²) in [6, 6.07) is 14.7. The van der Waals surface area contributed by atoms with E-state index in [0.717, 1.165) is 22.0 Å². The highest BCUT2D eigenvalue weighted by atomic mass is 16.5. The first-order valence-corrected chi connectivity index (χ1v) is 8.23. The molecule has 0 bridgehead atoms. The molecule has 0 unspecified atom stereocenters. The molecule has 132 valence electrons. The van der Waals surface area contributed by atoms with Gasteiger partial charge in [0.25, 0.3) is 0 Å². The normalized spacial score (nSPS) is 11.2. The summed E-state index contributed by atoms with van der Waals surface area (Å²) in [5.74, 6) is 0.340. The molecule has 0 saturated carbocycles. The number of aromatic nitrogens is 2. The third-order valence-corrected chi connectivity index (χ3v) is 3.99. The molecular formula is C19H17N3O4. The predicted molar refractivity (Wildman–Crippen MR) is 96.5 cm³/mol. The fourth-order valence-electron chi connectivity index (χ4n) is 2.74. The van der Waals surface area contributed by atoms with Crippen LogP contribution in [-0.2, 0) is 6.54 Å². The van der Waals surface area contributed by atoms with Gasteiger partial charge in [-0.1, -0.05) is 12.1 Å². The number of ether oxygens (including phenoxy) is 1. The van der Waals surface area contributed by atoms with Crippen molar-refractivity contribution >= 4 is 28.0 Å². The summed E-state index contributed by atoms with van der Waals surface area (Å²) >= 11 is 0. The number of H-pyrrole nitrogens is 1. The van der Waals surface area contributed by atoms with Gasteiger partial charge in [0.15, 0.2) is 5.58 Å². The van der Waals surface area contributed by atoms with Crippen LogP contribution in [0.2, 0.25) is 0 Å². The van der Waals surface area contributed by atoms with Gasteiger partial charge in [-0.05, 0) is 30.3 Å². The van der Waals surface area contributed by atoms with Gasteiger partial charge in [-0.15, -0.1) is 0 Å². The standard InChI is InChI=1S/C19H17N3O4/c23-19(24)16-9-12-5-6-13(10-15(12)21-16)25-8-7-20-11-18-22-14-3-1-2-4-17(14)26-18/h1-6,9-10,20-21H,7-8,11H2,(H,23,24). The van der Waals surface area contributed by atoms with Gasteiger partial charge in [0.05, 0.1) is 6.54 Å². The van der Waals surface area contributed by atoms with E-state index >= 15 is 0 Å². The first-order chi connectivity index (χ1) is 12.7. The van der Waals surface area contributed by atoms with Crippen molar-refractivity contribution < 1.29 is 19.1 Å². The van der Waals surface area contributed by atoms with Crippen LogP contribution in [-0.4, -0.2) is 34.2 Å². The van der Waals surface area contributed by atoms with Gasteiger partial charge in [-0.25, -0.2) is 9.78 Å². The molecule has 0 radical (unpaired) electrons. The average molecular weight is 351 g/mol. The number of aromatic carboxylic acids is 1. The first-order valence-electron chi connectivity index (χ1n) is 8.23. The Morgan fingerprint density at radius 1 is 1.23 bits per heavy atom. The number of carbonyl (C=O) groups is 1. The zero-order chi connectivity index (χ0) is 17.9. The van der Waals surface area contributed by atoms with Crippen LogP contribution < -0.4 is 10.1 Å². The molecule has 7 nitrogen and oxygen atoms in total. The molecule has 3 N–H and O–H groups in total. The van der Waals surface area contributed by atoms with Crippen LogP contribution in [0.5, 0.6) is 5.75 Å². The summed E-state index contributed by atoms with van der Waals surface area (Å²) in [7, 11) is 0. The number of para-hydroxylation sites is 2. The van der Waals surface area contributed by atoms with Crippen molar-refractivity contribution in [3.05, 3.63) is 60.1 Å². The highest BCUT2D eigenvalue weighted by Crippen LogP contribution is 2.21. The number of nitrogens with zero attached hydrogens (tertiary/aromatic N) is 1. The number of carboxylic acids is 1. The van der Waals surface area contributed by atoms with Crippen LogP contribution >= 0.6 is 0 Å². The maximum Gasteiger partial charge on any atom is 0.352 e. The summed E-state index contributed by atoms with van der Waals surface area (Å²) < 4.78 is 11.3. The number of nitrogens with one attached hydrogen (secondary N) is 2.